The summed E-state index contributed by atoms with van der Waals surface area (Å²) in [6.45, 7) is 5.00. The highest BCUT2D eigenvalue weighted by atomic mass is 16.6. The van der Waals surface area contributed by atoms with Crippen LogP contribution in [0.4, 0.5) is 5.82 Å². The number of nitrogens with zero attached hydrogens (tertiary/aromatic N) is 4. The van der Waals surface area contributed by atoms with Crippen LogP contribution in [-0.4, -0.2) is 47.7 Å². The Labute approximate surface area is 137 Å². The molecule has 10 heteroatoms. The van der Waals surface area contributed by atoms with E-state index in [1.165, 1.54) is 12.7 Å². The van der Waals surface area contributed by atoms with E-state index in [1.54, 1.807) is 25.3 Å². The van der Waals surface area contributed by atoms with Crippen LogP contribution in [-0.2, 0) is 20.9 Å². The number of nitrogens with two attached hydrogens (primary N) is 2. The Hall–Kier alpha value is -2.75. The molecule has 0 saturated heterocycles. The summed E-state index contributed by atoms with van der Waals surface area (Å²) >= 11 is 0. The number of ether oxygens (including phenoxy) is 1. The summed E-state index contributed by atoms with van der Waals surface area (Å²) in [5, 5.41) is 9.39. The van der Waals surface area contributed by atoms with Gasteiger partial charge in [0.05, 0.1) is 6.33 Å². The van der Waals surface area contributed by atoms with Gasteiger partial charge in [0.2, 0.25) is 5.54 Å². The van der Waals surface area contributed by atoms with Crippen molar-refractivity contribution in [2.75, 3.05) is 5.73 Å². The Bertz CT molecular complexity index is 781. The van der Waals surface area contributed by atoms with E-state index < -0.39 is 23.1 Å². The molecule has 0 aromatic carbocycles. The zero-order valence-electron chi connectivity index (χ0n) is 13.7. The number of hydrogen-bond donors (Lipinski definition) is 3. The van der Waals surface area contributed by atoms with E-state index in [4.69, 9.17) is 16.2 Å². The molecule has 0 amide bonds. The van der Waals surface area contributed by atoms with Gasteiger partial charge in [0, 0.05) is 13.0 Å². The Balaban J connectivity index is 2.23. The minimum atomic E-state index is -2.18. The fraction of sp³-hybridized carbons (Fsp3) is 0.500. The van der Waals surface area contributed by atoms with Crippen molar-refractivity contribution in [1.82, 2.24) is 19.5 Å². The van der Waals surface area contributed by atoms with Crippen LogP contribution in [0.5, 0.6) is 0 Å². The van der Waals surface area contributed by atoms with E-state index in [9.17, 15) is 14.7 Å². The van der Waals surface area contributed by atoms with Crippen molar-refractivity contribution in [2.45, 2.75) is 44.9 Å². The van der Waals surface area contributed by atoms with E-state index in [2.05, 4.69) is 15.0 Å². The Kier molecular flexibility index (Phi) is 4.43. The van der Waals surface area contributed by atoms with Gasteiger partial charge in [-0.2, -0.15) is 0 Å². The van der Waals surface area contributed by atoms with Crippen LogP contribution < -0.4 is 11.5 Å². The quantitative estimate of drug-likeness (QED) is 0.501. The first-order valence-electron chi connectivity index (χ1n) is 7.21. The predicted molar refractivity (Wildman–Crippen MR) is 84.8 cm³/mol. The van der Waals surface area contributed by atoms with Crippen LogP contribution in [0, 0.1) is 0 Å². The molecule has 2 heterocycles. The van der Waals surface area contributed by atoms with Crippen LogP contribution in [0.3, 0.4) is 0 Å². The lowest BCUT2D eigenvalue weighted by atomic mass is 9.96. The number of carboxylic acid groups (broad SMARTS) is 1. The van der Waals surface area contributed by atoms with E-state index in [0.717, 1.165) is 0 Å². The fourth-order valence-corrected chi connectivity index (χ4v) is 2.02. The molecule has 0 radical (unpaired) electrons. The number of anilines is 1. The first-order valence-corrected chi connectivity index (χ1v) is 7.21. The number of hydrogen-bond acceptors (Lipinski definition) is 8. The maximum Gasteiger partial charge on any atom is 0.338 e. The van der Waals surface area contributed by atoms with Crippen molar-refractivity contribution >= 4 is 28.9 Å². The molecule has 0 aliphatic rings. The van der Waals surface area contributed by atoms with Gasteiger partial charge >= 0.3 is 11.9 Å². The van der Waals surface area contributed by atoms with Crippen molar-refractivity contribution in [3.8, 4) is 0 Å². The monoisotopic (exact) mass is 336 g/mol. The second-order valence-electron chi connectivity index (χ2n) is 6.40. The molecular weight excluding hydrogens is 316 g/mol. The van der Waals surface area contributed by atoms with Gasteiger partial charge < -0.3 is 25.9 Å². The minimum absolute atomic E-state index is 0.0923. The zero-order valence-corrected chi connectivity index (χ0v) is 13.7. The van der Waals surface area contributed by atoms with Crippen LogP contribution >= 0.6 is 0 Å². The summed E-state index contributed by atoms with van der Waals surface area (Å²) in [5.74, 6) is -2.25. The molecule has 0 aliphatic carbocycles. The number of carbonyl (C=O) groups is 2. The molecule has 130 valence electrons. The molecular formula is C14H20N6O4. The average Bonchev–Trinajstić information content (AvgIpc) is 2.87. The number of nitrogen functional groups attached to an aromatic ring is 1. The predicted octanol–water partition coefficient (Wildman–Crippen LogP) is -0.0776. The molecule has 2 aromatic heterocycles. The third kappa shape index (κ3) is 3.43. The first kappa shape index (κ1) is 17.6. The molecule has 0 aliphatic heterocycles. The molecule has 0 fully saturated rings. The molecule has 1 unspecified atom stereocenters. The average molecular weight is 336 g/mol. The van der Waals surface area contributed by atoms with Crippen LogP contribution in [0.1, 0.15) is 27.2 Å². The van der Waals surface area contributed by atoms with Crippen molar-refractivity contribution in [3.63, 3.8) is 0 Å². The van der Waals surface area contributed by atoms with Gasteiger partial charge in [0.1, 0.15) is 17.4 Å². The van der Waals surface area contributed by atoms with Crippen molar-refractivity contribution in [2.24, 2.45) is 5.73 Å². The topological polar surface area (TPSA) is 159 Å². The Morgan fingerprint density at radius 1 is 1.29 bits per heavy atom. The molecule has 1 atom stereocenters. The summed E-state index contributed by atoms with van der Waals surface area (Å²) < 4.78 is 6.68. The molecule has 0 bridgehead atoms. The summed E-state index contributed by atoms with van der Waals surface area (Å²) in [5.41, 5.74) is 9.32. The highest BCUT2D eigenvalue weighted by Gasteiger charge is 2.45. The number of carboxylic acids is 1. The molecule has 2 aromatic rings. The number of carbonyl (C=O) groups excluding carboxylic acids is 1. The zero-order chi connectivity index (χ0) is 18.1. The Morgan fingerprint density at radius 2 is 1.96 bits per heavy atom. The lowest BCUT2D eigenvalue weighted by Crippen LogP contribution is -2.57. The lowest BCUT2D eigenvalue weighted by Gasteiger charge is -2.28. The molecule has 0 spiro atoms. The maximum atomic E-state index is 12.2. The fourth-order valence-electron chi connectivity index (χ4n) is 2.02. The summed E-state index contributed by atoms with van der Waals surface area (Å²) in [4.78, 5) is 35.7. The van der Waals surface area contributed by atoms with Crippen LogP contribution in [0.15, 0.2) is 12.7 Å². The SMILES string of the molecule is CC(C)(C)OC(=O)C(N)(CCn1cnc2c(N)ncnc21)C(=O)O. The van der Waals surface area contributed by atoms with E-state index in [-0.39, 0.29) is 18.8 Å². The van der Waals surface area contributed by atoms with Crippen LogP contribution in [0.2, 0.25) is 0 Å². The van der Waals surface area contributed by atoms with Gasteiger partial charge in [-0.1, -0.05) is 0 Å². The van der Waals surface area contributed by atoms with E-state index in [0.29, 0.717) is 11.2 Å². The van der Waals surface area contributed by atoms with Crippen LogP contribution in [0.25, 0.3) is 11.2 Å². The number of imidazole rings is 1. The lowest BCUT2D eigenvalue weighted by molar-refractivity contribution is -0.169. The highest BCUT2D eigenvalue weighted by molar-refractivity contribution is 6.03. The highest BCUT2D eigenvalue weighted by Crippen LogP contribution is 2.19. The van der Waals surface area contributed by atoms with Gasteiger partial charge in [-0.3, -0.25) is 0 Å². The number of aromatic nitrogens is 4. The van der Waals surface area contributed by atoms with E-state index in [1.807, 2.05) is 0 Å². The van der Waals surface area contributed by atoms with Gasteiger partial charge in [0.15, 0.2) is 11.5 Å². The molecule has 24 heavy (non-hydrogen) atoms. The number of fused-ring (bicyclic) bond motifs is 1. The Morgan fingerprint density at radius 3 is 2.54 bits per heavy atom. The molecule has 0 saturated carbocycles. The van der Waals surface area contributed by atoms with Crippen molar-refractivity contribution in [3.05, 3.63) is 12.7 Å². The number of aryl methyl sites for hydroxylation is 1. The number of aliphatic carboxylic acids is 1. The standard InChI is InChI=1S/C14H20N6O4/c1-13(2,3)24-12(23)14(16,11(21)22)4-5-20-7-19-8-9(15)17-6-18-10(8)20/h6-7H,4-5,16H2,1-3H3,(H,21,22)(H2,15,17,18). The summed E-state index contributed by atoms with van der Waals surface area (Å²) in [6, 6.07) is 0. The van der Waals surface area contributed by atoms with Crippen molar-refractivity contribution < 1.29 is 19.4 Å². The summed E-state index contributed by atoms with van der Waals surface area (Å²) in [7, 11) is 0. The largest absolute Gasteiger partial charge is 0.479 e. The molecule has 5 N–H and O–H groups in total. The smallest absolute Gasteiger partial charge is 0.338 e. The van der Waals surface area contributed by atoms with Crippen molar-refractivity contribution in [1.29, 1.82) is 0 Å². The maximum absolute atomic E-state index is 12.2. The summed E-state index contributed by atoms with van der Waals surface area (Å²) in [6.07, 6.45) is 2.51. The minimum Gasteiger partial charge on any atom is -0.479 e. The van der Waals surface area contributed by atoms with Gasteiger partial charge in [-0.05, 0) is 20.8 Å². The normalized spacial score (nSPS) is 14.3. The third-order valence-electron chi connectivity index (χ3n) is 3.32. The second kappa shape index (κ2) is 6.04. The van der Waals surface area contributed by atoms with Gasteiger partial charge in [0.25, 0.3) is 0 Å². The number of rotatable bonds is 5. The second-order valence-corrected chi connectivity index (χ2v) is 6.40. The van der Waals surface area contributed by atoms with Gasteiger partial charge in [-0.15, -0.1) is 0 Å². The van der Waals surface area contributed by atoms with Gasteiger partial charge in [-0.25, -0.2) is 24.5 Å². The first-order chi connectivity index (χ1) is 11.0. The van der Waals surface area contributed by atoms with E-state index >= 15 is 0 Å². The third-order valence-corrected chi connectivity index (χ3v) is 3.32. The molecule has 10 nitrogen and oxygen atoms in total. The molecule has 2 rings (SSSR count). The number of esters is 1.